The molecule has 2 rings (SSSR count). The zero-order chi connectivity index (χ0) is 13.7. The summed E-state index contributed by atoms with van der Waals surface area (Å²) in [6.45, 7) is 0.892. The van der Waals surface area contributed by atoms with Gasteiger partial charge in [-0.05, 0) is 36.4 Å². The number of benzene rings is 2. The van der Waals surface area contributed by atoms with Crippen molar-refractivity contribution in [1.82, 2.24) is 0 Å². The summed E-state index contributed by atoms with van der Waals surface area (Å²) in [6.07, 6.45) is 0. The third-order valence-corrected chi connectivity index (χ3v) is 3.27. The Hall–Kier alpha value is -1.26. The number of ether oxygens (including phenoxy) is 1. The van der Waals surface area contributed by atoms with Crippen LogP contribution in [0.15, 0.2) is 46.9 Å². The van der Waals surface area contributed by atoms with E-state index in [-0.39, 0.29) is 10.8 Å². The van der Waals surface area contributed by atoms with Crippen molar-refractivity contribution in [2.75, 3.05) is 18.5 Å². The minimum atomic E-state index is -0.448. The topological polar surface area (TPSA) is 21.3 Å². The van der Waals surface area contributed by atoms with Gasteiger partial charge < -0.3 is 10.1 Å². The highest BCUT2D eigenvalue weighted by atomic mass is 79.9. The van der Waals surface area contributed by atoms with Gasteiger partial charge in [0.15, 0.2) is 11.6 Å². The Morgan fingerprint density at radius 2 is 1.89 bits per heavy atom. The van der Waals surface area contributed by atoms with Crippen LogP contribution in [0.5, 0.6) is 5.75 Å². The van der Waals surface area contributed by atoms with Crippen LogP contribution in [-0.2, 0) is 0 Å². The van der Waals surface area contributed by atoms with Crippen LogP contribution in [0, 0.1) is 5.82 Å². The Bertz CT molecular complexity index is 527. The number of hydrogen-bond donors (Lipinski definition) is 1. The monoisotopic (exact) mass is 343 g/mol. The number of para-hydroxylation sites is 1. The average Bonchev–Trinajstić information content (AvgIpc) is 2.39. The normalized spacial score (nSPS) is 10.3. The summed E-state index contributed by atoms with van der Waals surface area (Å²) >= 11 is 9.22. The molecule has 0 aromatic heterocycles. The van der Waals surface area contributed by atoms with Crippen LogP contribution in [0.2, 0.25) is 5.02 Å². The van der Waals surface area contributed by atoms with Crippen LogP contribution in [0.1, 0.15) is 0 Å². The van der Waals surface area contributed by atoms with Gasteiger partial charge in [0.2, 0.25) is 0 Å². The molecule has 2 aromatic rings. The molecule has 0 radical (unpaired) electrons. The predicted octanol–water partition coefficient (Wildman–Crippen LogP) is 4.73. The van der Waals surface area contributed by atoms with E-state index in [1.54, 1.807) is 12.1 Å². The quantitative estimate of drug-likeness (QED) is 0.792. The lowest BCUT2D eigenvalue weighted by molar-refractivity contribution is 0.315. The van der Waals surface area contributed by atoms with Gasteiger partial charge in [0.25, 0.3) is 0 Å². The Labute approximate surface area is 124 Å². The van der Waals surface area contributed by atoms with Crippen molar-refractivity contribution >= 4 is 33.2 Å². The lowest BCUT2D eigenvalue weighted by Crippen LogP contribution is -2.12. The molecule has 0 heterocycles. The minimum absolute atomic E-state index is 0.0989. The van der Waals surface area contributed by atoms with E-state index in [0.29, 0.717) is 13.2 Å². The third kappa shape index (κ3) is 4.11. The van der Waals surface area contributed by atoms with Crippen LogP contribution in [0.3, 0.4) is 0 Å². The summed E-state index contributed by atoms with van der Waals surface area (Å²) in [4.78, 5) is 0. The Balaban J connectivity index is 1.82. The van der Waals surface area contributed by atoms with Crippen molar-refractivity contribution in [3.8, 4) is 5.75 Å². The molecule has 0 spiro atoms. The SMILES string of the molecule is Fc1cccc(Cl)c1OCCNc1ccc(Br)cc1. The van der Waals surface area contributed by atoms with Crippen LogP contribution < -0.4 is 10.1 Å². The second kappa shape index (κ2) is 6.78. The van der Waals surface area contributed by atoms with Gasteiger partial charge in [0.1, 0.15) is 6.61 Å². The number of anilines is 1. The second-order valence-corrected chi connectivity index (χ2v) is 5.16. The summed E-state index contributed by atoms with van der Waals surface area (Å²) in [5.74, 6) is -0.349. The van der Waals surface area contributed by atoms with E-state index in [1.165, 1.54) is 6.07 Å². The highest BCUT2D eigenvalue weighted by Crippen LogP contribution is 2.27. The standard InChI is InChI=1S/C14H12BrClFNO/c15-10-4-6-11(7-5-10)18-8-9-19-14-12(16)2-1-3-13(14)17/h1-7,18H,8-9H2. The molecule has 0 amide bonds. The first-order valence-electron chi connectivity index (χ1n) is 5.73. The first kappa shape index (κ1) is 14.2. The predicted molar refractivity (Wildman–Crippen MR) is 79.5 cm³/mol. The summed E-state index contributed by atoms with van der Waals surface area (Å²) in [6, 6.07) is 12.2. The van der Waals surface area contributed by atoms with Crippen molar-refractivity contribution in [3.05, 3.63) is 57.8 Å². The van der Waals surface area contributed by atoms with Gasteiger partial charge in [-0.1, -0.05) is 33.6 Å². The molecule has 1 N–H and O–H groups in total. The van der Waals surface area contributed by atoms with Gasteiger partial charge >= 0.3 is 0 Å². The van der Waals surface area contributed by atoms with Gasteiger partial charge in [-0.3, -0.25) is 0 Å². The van der Waals surface area contributed by atoms with E-state index in [2.05, 4.69) is 21.2 Å². The molecular weight excluding hydrogens is 333 g/mol. The van der Waals surface area contributed by atoms with Crippen molar-refractivity contribution in [3.63, 3.8) is 0 Å². The molecule has 19 heavy (non-hydrogen) atoms. The van der Waals surface area contributed by atoms with Gasteiger partial charge in [-0.15, -0.1) is 0 Å². The number of hydrogen-bond acceptors (Lipinski definition) is 2. The van der Waals surface area contributed by atoms with Crippen LogP contribution in [0.4, 0.5) is 10.1 Å². The molecule has 0 aliphatic heterocycles. The average molecular weight is 345 g/mol. The molecule has 0 saturated heterocycles. The van der Waals surface area contributed by atoms with Crippen molar-refractivity contribution in [2.45, 2.75) is 0 Å². The molecule has 0 aliphatic rings. The van der Waals surface area contributed by atoms with E-state index in [9.17, 15) is 4.39 Å². The molecule has 0 unspecified atom stereocenters. The Morgan fingerprint density at radius 1 is 1.16 bits per heavy atom. The molecule has 2 nitrogen and oxygen atoms in total. The van der Waals surface area contributed by atoms with Crippen LogP contribution in [0.25, 0.3) is 0 Å². The smallest absolute Gasteiger partial charge is 0.173 e. The van der Waals surface area contributed by atoms with Crippen LogP contribution >= 0.6 is 27.5 Å². The largest absolute Gasteiger partial charge is 0.487 e. The second-order valence-electron chi connectivity index (χ2n) is 3.83. The molecule has 5 heteroatoms. The third-order valence-electron chi connectivity index (χ3n) is 2.44. The van der Waals surface area contributed by atoms with Gasteiger partial charge in [0.05, 0.1) is 5.02 Å². The van der Waals surface area contributed by atoms with Crippen molar-refractivity contribution < 1.29 is 9.13 Å². The fourth-order valence-electron chi connectivity index (χ4n) is 1.54. The summed E-state index contributed by atoms with van der Waals surface area (Å²) in [5, 5.41) is 3.45. The highest BCUT2D eigenvalue weighted by molar-refractivity contribution is 9.10. The lowest BCUT2D eigenvalue weighted by atomic mass is 10.3. The van der Waals surface area contributed by atoms with E-state index >= 15 is 0 Å². The highest BCUT2D eigenvalue weighted by Gasteiger charge is 2.07. The van der Waals surface area contributed by atoms with Gasteiger partial charge in [-0.25, -0.2) is 4.39 Å². The maximum atomic E-state index is 13.4. The zero-order valence-corrected chi connectivity index (χ0v) is 12.3. The van der Waals surface area contributed by atoms with E-state index in [4.69, 9.17) is 16.3 Å². The molecule has 0 fully saturated rings. The molecule has 0 saturated carbocycles. The van der Waals surface area contributed by atoms with Gasteiger partial charge in [0, 0.05) is 16.7 Å². The maximum absolute atomic E-state index is 13.4. The lowest BCUT2D eigenvalue weighted by Gasteiger charge is -2.10. The van der Waals surface area contributed by atoms with E-state index in [1.807, 2.05) is 24.3 Å². The molecule has 0 aliphatic carbocycles. The fraction of sp³-hybridized carbons (Fsp3) is 0.143. The number of halogens is 3. The number of nitrogens with one attached hydrogen (secondary N) is 1. The zero-order valence-electron chi connectivity index (χ0n) is 10.00. The molecule has 0 atom stereocenters. The summed E-state index contributed by atoms with van der Waals surface area (Å²) in [5.41, 5.74) is 0.978. The summed E-state index contributed by atoms with van der Waals surface area (Å²) < 4.78 is 19.8. The minimum Gasteiger partial charge on any atom is -0.487 e. The number of rotatable bonds is 5. The van der Waals surface area contributed by atoms with Crippen LogP contribution in [-0.4, -0.2) is 13.2 Å². The summed E-state index contributed by atoms with van der Waals surface area (Å²) in [7, 11) is 0. The molecule has 0 bridgehead atoms. The first-order valence-corrected chi connectivity index (χ1v) is 6.90. The molecular formula is C14H12BrClFNO. The van der Waals surface area contributed by atoms with E-state index < -0.39 is 5.82 Å². The van der Waals surface area contributed by atoms with Crippen molar-refractivity contribution in [1.29, 1.82) is 0 Å². The fourth-order valence-corrected chi connectivity index (χ4v) is 2.02. The Kier molecular flexibility index (Phi) is 5.05. The Morgan fingerprint density at radius 3 is 2.58 bits per heavy atom. The van der Waals surface area contributed by atoms with Gasteiger partial charge in [-0.2, -0.15) is 0 Å². The molecule has 100 valence electrons. The van der Waals surface area contributed by atoms with E-state index in [0.717, 1.165) is 10.2 Å². The molecule has 2 aromatic carbocycles. The van der Waals surface area contributed by atoms with Crippen molar-refractivity contribution in [2.24, 2.45) is 0 Å². The maximum Gasteiger partial charge on any atom is 0.173 e. The first-order chi connectivity index (χ1) is 9.16.